The van der Waals surface area contributed by atoms with Crippen LogP contribution in [0.1, 0.15) is 13.8 Å². The van der Waals surface area contributed by atoms with Crippen LogP contribution in [0, 0.1) is 5.92 Å². The van der Waals surface area contributed by atoms with E-state index in [0.717, 1.165) is 0 Å². The van der Waals surface area contributed by atoms with Crippen molar-refractivity contribution in [2.24, 2.45) is 5.92 Å². The van der Waals surface area contributed by atoms with Gasteiger partial charge in [0.25, 0.3) is 0 Å². The lowest BCUT2D eigenvalue weighted by Crippen LogP contribution is -2.50. The Morgan fingerprint density at radius 3 is 2.39 bits per heavy atom. The van der Waals surface area contributed by atoms with E-state index in [1.165, 1.54) is 0 Å². The first-order chi connectivity index (χ1) is 14.9. The van der Waals surface area contributed by atoms with Crippen molar-refractivity contribution in [3.05, 3.63) is 28.2 Å². The van der Waals surface area contributed by atoms with E-state index in [2.05, 4.69) is 30.9 Å². The molecule has 1 aliphatic rings. The van der Waals surface area contributed by atoms with Gasteiger partial charge in [-0.05, 0) is 34.4 Å². The fourth-order valence-corrected chi connectivity index (χ4v) is 3.48. The summed E-state index contributed by atoms with van der Waals surface area (Å²) in [6, 6.07) is 4.56. The number of aromatic nitrogens is 4. The number of benzene rings is 1. The largest absolute Gasteiger partial charge is 0.378 e. The van der Waals surface area contributed by atoms with Gasteiger partial charge in [0, 0.05) is 18.8 Å². The summed E-state index contributed by atoms with van der Waals surface area (Å²) in [5.74, 6) is 0.650. The molecule has 4 rings (SSSR count). The van der Waals surface area contributed by atoms with Gasteiger partial charge >= 0.3 is 0 Å². The van der Waals surface area contributed by atoms with Gasteiger partial charge in [0.05, 0.1) is 23.3 Å². The van der Waals surface area contributed by atoms with Crippen molar-refractivity contribution in [3.8, 4) is 0 Å². The second kappa shape index (κ2) is 9.21. The fraction of sp³-hybridized carbons (Fsp3) is 0.421. The molecule has 1 aromatic carbocycles. The summed E-state index contributed by atoms with van der Waals surface area (Å²) >= 11 is 12.1. The zero-order valence-electron chi connectivity index (χ0n) is 16.9. The minimum absolute atomic E-state index is 0.0129. The van der Waals surface area contributed by atoms with E-state index in [-0.39, 0.29) is 23.1 Å². The number of carbonyl (C=O) groups is 1. The SMILES string of the molecule is CC(C)[C@H](Nc1nc2nonc2nc1Nc1ccc(Cl)c(Cl)c1)C(=O)N1CCOCC1. The van der Waals surface area contributed by atoms with E-state index >= 15 is 0 Å². The van der Waals surface area contributed by atoms with Crippen LogP contribution in [0.4, 0.5) is 17.3 Å². The minimum atomic E-state index is -0.529. The average molecular weight is 466 g/mol. The monoisotopic (exact) mass is 465 g/mol. The Morgan fingerprint density at radius 2 is 1.74 bits per heavy atom. The Balaban J connectivity index is 1.66. The van der Waals surface area contributed by atoms with Crippen LogP contribution >= 0.6 is 23.2 Å². The molecule has 0 aliphatic carbocycles. The number of anilines is 3. The summed E-state index contributed by atoms with van der Waals surface area (Å²) in [4.78, 5) is 23.9. The Morgan fingerprint density at radius 1 is 1.06 bits per heavy atom. The predicted molar refractivity (Wildman–Crippen MR) is 117 cm³/mol. The average Bonchev–Trinajstić information content (AvgIpc) is 3.21. The van der Waals surface area contributed by atoms with Gasteiger partial charge in [0.1, 0.15) is 6.04 Å². The molecule has 12 heteroatoms. The van der Waals surface area contributed by atoms with Crippen LogP contribution in [0.15, 0.2) is 22.8 Å². The van der Waals surface area contributed by atoms with Gasteiger partial charge in [0.2, 0.25) is 17.2 Å². The lowest BCUT2D eigenvalue weighted by atomic mass is 10.0. The van der Waals surface area contributed by atoms with E-state index in [4.69, 9.17) is 32.6 Å². The smallest absolute Gasteiger partial charge is 0.245 e. The maximum absolute atomic E-state index is 13.2. The van der Waals surface area contributed by atoms with Gasteiger partial charge < -0.3 is 20.3 Å². The molecule has 0 unspecified atom stereocenters. The van der Waals surface area contributed by atoms with Crippen molar-refractivity contribution in [2.75, 3.05) is 36.9 Å². The Labute approximate surface area is 188 Å². The fourth-order valence-electron chi connectivity index (χ4n) is 3.18. The molecular weight excluding hydrogens is 445 g/mol. The number of halogens is 2. The molecule has 164 valence electrons. The van der Waals surface area contributed by atoms with Gasteiger partial charge in [-0.25, -0.2) is 14.6 Å². The van der Waals surface area contributed by atoms with Crippen LogP contribution in [-0.4, -0.2) is 63.4 Å². The molecule has 0 radical (unpaired) electrons. The number of nitrogens with one attached hydrogen (secondary N) is 2. The summed E-state index contributed by atoms with van der Waals surface area (Å²) < 4.78 is 10.1. The first-order valence-electron chi connectivity index (χ1n) is 9.78. The minimum Gasteiger partial charge on any atom is -0.378 e. The van der Waals surface area contributed by atoms with Crippen molar-refractivity contribution in [3.63, 3.8) is 0 Å². The standard InChI is InChI=1S/C19H21Cl2N7O3/c1-10(2)14(19(29)28-5-7-30-8-6-28)23-16-15(24-17-18(25-16)27-31-26-17)22-11-3-4-12(20)13(21)9-11/h3-4,9-10,14H,5-8H2,1-2H3,(H,22,24,26)(H,23,25,27)/t14-/m0/s1. The molecule has 31 heavy (non-hydrogen) atoms. The maximum Gasteiger partial charge on any atom is 0.245 e. The summed E-state index contributed by atoms with van der Waals surface area (Å²) in [5.41, 5.74) is 1.10. The van der Waals surface area contributed by atoms with Gasteiger partial charge in [-0.3, -0.25) is 4.79 Å². The zero-order valence-corrected chi connectivity index (χ0v) is 18.4. The lowest BCUT2D eigenvalue weighted by molar-refractivity contribution is -0.137. The summed E-state index contributed by atoms with van der Waals surface area (Å²) in [7, 11) is 0. The molecular formula is C19H21Cl2N7O3. The zero-order chi connectivity index (χ0) is 22.0. The van der Waals surface area contributed by atoms with Crippen molar-refractivity contribution in [1.29, 1.82) is 0 Å². The van der Waals surface area contributed by atoms with Crippen LogP contribution in [0.3, 0.4) is 0 Å². The maximum atomic E-state index is 13.2. The molecule has 1 aliphatic heterocycles. The Hall–Kier alpha value is -2.69. The van der Waals surface area contributed by atoms with Gasteiger partial charge in [-0.1, -0.05) is 37.0 Å². The summed E-state index contributed by atoms with van der Waals surface area (Å²) in [6.45, 7) is 6.08. The molecule has 3 aromatic rings. The van der Waals surface area contributed by atoms with Crippen LogP contribution in [0.5, 0.6) is 0 Å². The third kappa shape index (κ3) is 4.81. The number of fused-ring (bicyclic) bond motifs is 1. The Bertz CT molecular complexity index is 1090. The van der Waals surface area contributed by atoms with E-state index in [1.54, 1.807) is 23.1 Å². The highest BCUT2D eigenvalue weighted by atomic mass is 35.5. The molecule has 1 atom stereocenters. The molecule has 10 nitrogen and oxygen atoms in total. The predicted octanol–water partition coefficient (Wildman–Crippen LogP) is 3.36. The molecule has 1 saturated heterocycles. The van der Waals surface area contributed by atoms with Crippen LogP contribution in [0.2, 0.25) is 10.0 Å². The second-order valence-corrected chi connectivity index (χ2v) is 8.20. The second-order valence-electron chi connectivity index (χ2n) is 7.39. The molecule has 0 bridgehead atoms. The van der Waals surface area contributed by atoms with Crippen molar-refractivity contribution in [1.82, 2.24) is 25.2 Å². The van der Waals surface area contributed by atoms with E-state index in [0.29, 0.717) is 53.7 Å². The quantitative estimate of drug-likeness (QED) is 0.564. The van der Waals surface area contributed by atoms with Crippen LogP contribution in [0.25, 0.3) is 11.3 Å². The molecule has 3 heterocycles. The van der Waals surface area contributed by atoms with Crippen LogP contribution in [-0.2, 0) is 9.53 Å². The van der Waals surface area contributed by atoms with E-state index < -0.39 is 6.04 Å². The number of ether oxygens (including phenoxy) is 1. The van der Waals surface area contributed by atoms with Crippen LogP contribution < -0.4 is 10.6 Å². The third-order valence-electron chi connectivity index (χ3n) is 4.84. The highest BCUT2D eigenvalue weighted by Crippen LogP contribution is 2.30. The molecule has 1 fully saturated rings. The first kappa shape index (κ1) is 21.5. The summed E-state index contributed by atoms with van der Waals surface area (Å²) in [5, 5.41) is 14.7. The third-order valence-corrected chi connectivity index (χ3v) is 5.58. The molecule has 2 N–H and O–H groups in total. The number of hydrogen-bond donors (Lipinski definition) is 2. The highest BCUT2D eigenvalue weighted by molar-refractivity contribution is 6.42. The van der Waals surface area contributed by atoms with Crippen molar-refractivity contribution in [2.45, 2.75) is 19.9 Å². The van der Waals surface area contributed by atoms with Gasteiger partial charge in [-0.2, -0.15) is 0 Å². The van der Waals surface area contributed by atoms with E-state index in [1.807, 2.05) is 13.8 Å². The van der Waals surface area contributed by atoms with E-state index in [9.17, 15) is 4.79 Å². The first-order valence-corrected chi connectivity index (χ1v) is 10.5. The van der Waals surface area contributed by atoms with Crippen molar-refractivity contribution >= 4 is 57.7 Å². The number of morpholine rings is 1. The normalized spacial score (nSPS) is 15.3. The number of carbonyl (C=O) groups excluding carboxylic acids is 1. The molecule has 1 amide bonds. The Kier molecular flexibility index (Phi) is 6.40. The number of rotatable bonds is 6. The highest BCUT2D eigenvalue weighted by Gasteiger charge is 2.30. The molecule has 0 saturated carbocycles. The molecule has 2 aromatic heterocycles. The number of nitrogens with zero attached hydrogens (tertiary/aromatic N) is 5. The summed E-state index contributed by atoms with van der Waals surface area (Å²) in [6.07, 6.45) is 0. The van der Waals surface area contributed by atoms with Gasteiger partial charge in [-0.15, -0.1) is 0 Å². The topological polar surface area (TPSA) is 118 Å². The molecule has 0 spiro atoms. The number of amides is 1. The van der Waals surface area contributed by atoms with Gasteiger partial charge in [0.15, 0.2) is 11.6 Å². The lowest BCUT2D eigenvalue weighted by Gasteiger charge is -2.32. The number of hydrogen-bond acceptors (Lipinski definition) is 9. The van der Waals surface area contributed by atoms with Crippen molar-refractivity contribution < 1.29 is 14.2 Å².